The summed E-state index contributed by atoms with van der Waals surface area (Å²) in [4.78, 5) is 4.10. The minimum Gasteiger partial charge on any atom is -0.438 e. The Kier molecular flexibility index (Phi) is 5.36. The van der Waals surface area contributed by atoms with E-state index in [1.807, 2.05) is 26.0 Å². The first-order chi connectivity index (χ1) is 8.99. The van der Waals surface area contributed by atoms with Gasteiger partial charge in [0.2, 0.25) is 5.88 Å². The normalized spacial score (nSPS) is 9.75. The number of pyridine rings is 1. The van der Waals surface area contributed by atoms with Gasteiger partial charge < -0.3 is 10.5 Å². The maximum absolute atomic E-state index is 7.50. The number of nitrogens with one attached hydrogen (secondary N) is 1. The molecule has 20 heavy (non-hydrogen) atoms. The number of halogens is 2. The predicted molar refractivity (Wildman–Crippen MR) is 83.5 cm³/mol. The molecule has 0 amide bonds. The molecule has 0 saturated carbocycles. The maximum atomic E-state index is 7.50. The lowest BCUT2D eigenvalue weighted by Gasteiger charge is -2.11. The van der Waals surface area contributed by atoms with Gasteiger partial charge in [-0.1, -0.05) is 11.6 Å². The second-order valence-electron chi connectivity index (χ2n) is 4.24. The van der Waals surface area contributed by atoms with Crippen LogP contribution in [-0.4, -0.2) is 10.8 Å². The summed E-state index contributed by atoms with van der Waals surface area (Å²) in [6, 6.07) is 7.06. The molecular weight excluding hydrogens is 297 g/mol. The minimum atomic E-state index is -0.0782. The van der Waals surface area contributed by atoms with Gasteiger partial charge in [0.25, 0.3) is 0 Å². The van der Waals surface area contributed by atoms with Crippen molar-refractivity contribution in [1.29, 1.82) is 5.41 Å². The molecule has 3 N–H and O–H groups in total. The first kappa shape index (κ1) is 16.3. The van der Waals surface area contributed by atoms with Gasteiger partial charge in [-0.15, -0.1) is 12.4 Å². The third kappa shape index (κ3) is 3.40. The Labute approximate surface area is 128 Å². The van der Waals surface area contributed by atoms with Crippen LogP contribution in [0.1, 0.15) is 16.7 Å². The molecule has 0 aliphatic carbocycles. The van der Waals surface area contributed by atoms with Crippen LogP contribution in [-0.2, 0) is 0 Å². The van der Waals surface area contributed by atoms with Gasteiger partial charge in [0.1, 0.15) is 11.6 Å². The second kappa shape index (κ2) is 6.59. The number of nitrogen functional groups attached to an aromatic ring is 1. The first-order valence-corrected chi connectivity index (χ1v) is 6.11. The van der Waals surface area contributed by atoms with Gasteiger partial charge in [0.05, 0.1) is 5.56 Å². The van der Waals surface area contributed by atoms with E-state index in [1.165, 1.54) is 0 Å². The van der Waals surface area contributed by atoms with Crippen molar-refractivity contribution in [3.05, 3.63) is 52.2 Å². The molecule has 2 aromatic rings. The molecule has 0 unspecified atom stereocenters. The van der Waals surface area contributed by atoms with Crippen molar-refractivity contribution in [2.24, 2.45) is 5.73 Å². The van der Waals surface area contributed by atoms with E-state index in [2.05, 4.69) is 4.98 Å². The lowest BCUT2D eigenvalue weighted by Crippen LogP contribution is -2.12. The monoisotopic (exact) mass is 311 g/mol. The highest BCUT2D eigenvalue weighted by Gasteiger charge is 2.10. The van der Waals surface area contributed by atoms with Crippen LogP contribution in [0.4, 0.5) is 0 Å². The molecule has 0 radical (unpaired) electrons. The van der Waals surface area contributed by atoms with Gasteiger partial charge in [0, 0.05) is 11.2 Å². The number of benzene rings is 1. The van der Waals surface area contributed by atoms with Crippen molar-refractivity contribution in [1.82, 2.24) is 4.98 Å². The number of aryl methyl sites for hydroxylation is 2. The van der Waals surface area contributed by atoms with E-state index in [0.29, 0.717) is 17.2 Å². The molecule has 0 aliphatic heterocycles. The van der Waals surface area contributed by atoms with Crippen molar-refractivity contribution >= 4 is 29.8 Å². The molecule has 1 aromatic carbocycles. The molecule has 6 heteroatoms. The molecule has 0 fully saturated rings. The van der Waals surface area contributed by atoms with Gasteiger partial charge in [-0.3, -0.25) is 5.41 Å². The van der Waals surface area contributed by atoms with Crippen LogP contribution < -0.4 is 10.5 Å². The van der Waals surface area contributed by atoms with Crippen molar-refractivity contribution < 1.29 is 4.74 Å². The predicted octanol–water partition coefficient (Wildman–Crippen LogP) is 3.85. The maximum Gasteiger partial charge on any atom is 0.230 e. The van der Waals surface area contributed by atoms with E-state index < -0.39 is 0 Å². The third-order valence-electron chi connectivity index (χ3n) is 2.69. The van der Waals surface area contributed by atoms with Crippen LogP contribution in [0.15, 0.2) is 30.5 Å². The molecule has 0 aliphatic rings. The molecule has 0 saturated heterocycles. The number of nitrogens with zero attached hydrogens (tertiary/aromatic N) is 1. The summed E-state index contributed by atoms with van der Waals surface area (Å²) in [7, 11) is 0. The lowest BCUT2D eigenvalue weighted by atomic mass is 10.1. The molecule has 0 atom stereocenters. The van der Waals surface area contributed by atoms with Gasteiger partial charge in [-0.05, 0) is 49.2 Å². The molecule has 1 aromatic heterocycles. The van der Waals surface area contributed by atoms with Crippen LogP contribution in [0.5, 0.6) is 11.6 Å². The van der Waals surface area contributed by atoms with Crippen LogP contribution in [0, 0.1) is 19.3 Å². The van der Waals surface area contributed by atoms with Gasteiger partial charge in [-0.25, -0.2) is 4.98 Å². The number of aromatic nitrogens is 1. The lowest BCUT2D eigenvalue weighted by molar-refractivity contribution is 0.461. The largest absolute Gasteiger partial charge is 0.438 e. The fraction of sp³-hybridized carbons (Fsp3) is 0.143. The topological polar surface area (TPSA) is 72.0 Å². The Morgan fingerprint density at radius 3 is 2.45 bits per heavy atom. The summed E-state index contributed by atoms with van der Waals surface area (Å²) in [5.41, 5.74) is 7.82. The molecule has 0 bridgehead atoms. The van der Waals surface area contributed by atoms with Gasteiger partial charge in [-0.2, -0.15) is 0 Å². The second-order valence-corrected chi connectivity index (χ2v) is 4.62. The highest BCUT2D eigenvalue weighted by atomic mass is 35.5. The van der Waals surface area contributed by atoms with Crippen LogP contribution in [0.2, 0.25) is 5.02 Å². The average Bonchev–Trinajstić information content (AvgIpc) is 2.36. The van der Waals surface area contributed by atoms with Crippen LogP contribution in [0.25, 0.3) is 0 Å². The molecule has 0 spiro atoms. The summed E-state index contributed by atoms with van der Waals surface area (Å²) in [6.45, 7) is 3.82. The zero-order chi connectivity index (χ0) is 14.0. The Morgan fingerprint density at radius 1 is 1.30 bits per heavy atom. The molecule has 4 nitrogen and oxygen atoms in total. The Balaban J connectivity index is 0.00000200. The smallest absolute Gasteiger partial charge is 0.230 e. The van der Waals surface area contributed by atoms with Gasteiger partial charge >= 0.3 is 0 Å². The van der Waals surface area contributed by atoms with Crippen LogP contribution >= 0.6 is 24.0 Å². The fourth-order valence-corrected chi connectivity index (χ4v) is 1.86. The zero-order valence-corrected chi connectivity index (χ0v) is 12.7. The Morgan fingerprint density at radius 2 is 1.90 bits per heavy atom. The van der Waals surface area contributed by atoms with Crippen molar-refractivity contribution in [2.75, 3.05) is 0 Å². The summed E-state index contributed by atoms with van der Waals surface area (Å²) < 4.78 is 5.70. The number of rotatable bonds is 3. The quantitative estimate of drug-likeness (QED) is 0.668. The standard InChI is InChI=1S/C14H14ClN3O.ClH/c1-8-6-10(7-9(2)12(8)15)19-14-11(13(16)17)4-3-5-18-14;/h3-7H,1-2H3,(H3,16,17);1H. The van der Waals surface area contributed by atoms with E-state index in [9.17, 15) is 0 Å². The average molecular weight is 312 g/mol. The van der Waals surface area contributed by atoms with Crippen molar-refractivity contribution in [3.8, 4) is 11.6 Å². The minimum absolute atomic E-state index is 0. The number of nitrogens with two attached hydrogens (primary N) is 1. The summed E-state index contributed by atoms with van der Waals surface area (Å²) >= 11 is 6.11. The zero-order valence-electron chi connectivity index (χ0n) is 11.1. The Hall–Kier alpha value is -1.78. The summed E-state index contributed by atoms with van der Waals surface area (Å²) in [6.07, 6.45) is 1.59. The highest BCUT2D eigenvalue weighted by Crippen LogP contribution is 2.29. The summed E-state index contributed by atoms with van der Waals surface area (Å²) in [5, 5.41) is 8.22. The van der Waals surface area contributed by atoms with E-state index in [4.69, 9.17) is 27.5 Å². The Bertz CT molecular complexity index is 621. The SMILES string of the molecule is Cc1cc(Oc2ncccc2C(=N)N)cc(C)c1Cl.Cl. The molecular formula is C14H15Cl2N3O. The highest BCUT2D eigenvalue weighted by molar-refractivity contribution is 6.32. The van der Waals surface area contributed by atoms with E-state index in [1.54, 1.807) is 18.3 Å². The molecule has 1 heterocycles. The van der Waals surface area contributed by atoms with E-state index >= 15 is 0 Å². The van der Waals surface area contributed by atoms with Crippen LogP contribution in [0.3, 0.4) is 0 Å². The van der Waals surface area contributed by atoms with Crippen molar-refractivity contribution in [2.45, 2.75) is 13.8 Å². The number of ether oxygens (including phenoxy) is 1. The molecule has 106 valence electrons. The van der Waals surface area contributed by atoms with Gasteiger partial charge in [0.15, 0.2) is 0 Å². The number of hydrogen-bond donors (Lipinski definition) is 2. The van der Waals surface area contributed by atoms with E-state index in [0.717, 1.165) is 16.1 Å². The van der Waals surface area contributed by atoms with E-state index in [-0.39, 0.29) is 18.2 Å². The molecule has 2 rings (SSSR count). The third-order valence-corrected chi connectivity index (χ3v) is 3.28. The summed E-state index contributed by atoms with van der Waals surface area (Å²) in [5.74, 6) is 0.863. The van der Waals surface area contributed by atoms with Crippen molar-refractivity contribution in [3.63, 3.8) is 0 Å². The first-order valence-electron chi connectivity index (χ1n) is 5.73. The fourth-order valence-electron chi connectivity index (χ4n) is 1.75. The number of hydrogen-bond acceptors (Lipinski definition) is 3. The number of amidine groups is 1.